The Morgan fingerprint density at radius 1 is 1.24 bits per heavy atom. The Hall–Kier alpha value is -2.08. The van der Waals surface area contributed by atoms with Crippen molar-refractivity contribution in [2.45, 2.75) is 58.5 Å². The number of benzene rings is 1. The number of aliphatic carboxylic acids is 1. The zero-order chi connectivity index (χ0) is 21.0. The number of aliphatic hydroxyl groups is 1. The van der Waals surface area contributed by atoms with Gasteiger partial charge < -0.3 is 19.7 Å². The van der Waals surface area contributed by atoms with Crippen LogP contribution in [0.1, 0.15) is 50.7 Å². The number of hydrogen-bond donors (Lipinski definition) is 2. The lowest BCUT2D eigenvalue weighted by Crippen LogP contribution is -2.27. The van der Waals surface area contributed by atoms with Crippen LogP contribution in [0.25, 0.3) is 0 Å². The third-order valence-corrected chi connectivity index (χ3v) is 6.22. The summed E-state index contributed by atoms with van der Waals surface area (Å²) in [6, 6.07) is 5.82. The van der Waals surface area contributed by atoms with Gasteiger partial charge in [0.1, 0.15) is 5.75 Å². The minimum Gasteiger partial charge on any atom is -0.482 e. The average molecular weight is 405 g/mol. The molecule has 0 aromatic heterocycles. The molecule has 1 fully saturated rings. The molecule has 1 aromatic carbocycles. The molecule has 0 spiro atoms. The summed E-state index contributed by atoms with van der Waals surface area (Å²) in [5.74, 6) is 0.803. The van der Waals surface area contributed by atoms with Gasteiger partial charge in [-0.3, -0.25) is 4.79 Å². The van der Waals surface area contributed by atoms with Crippen LogP contribution < -0.4 is 4.74 Å². The van der Waals surface area contributed by atoms with Crippen LogP contribution in [-0.2, 0) is 27.2 Å². The molecule has 1 saturated carbocycles. The van der Waals surface area contributed by atoms with Crippen LogP contribution in [0, 0.1) is 23.7 Å². The van der Waals surface area contributed by atoms with Gasteiger partial charge in [-0.2, -0.15) is 0 Å². The van der Waals surface area contributed by atoms with E-state index in [1.807, 2.05) is 26.0 Å². The van der Waals surface area contributed by atoms with Crippen LogP contribution in [-0.4, -0.2) is 41.5 Å². The summed E-state index contributed by atoms with van der Waals surface area (Å²) in [5, 5.41) is 19.5. The topological polar surface area (TPSA) is 93.1 Å². The predicted molar refractivity (Wildman–Crippen MR) is 108 cm³/mol. The Kier molecular flexibility index (Phi) is 7.17. The third kappa shape index (κ3) is 5.50. The van der Waals surface area contributed by atoms with E-state index in [0.717, 1.165) is 37.7 Å². The normalized spacial score (nSPS) is 25.4. The molecule has 0 bridgehead atoms. The number of rotatable bonds is 9. The molecule has 6 heteroatoms. The summed E-state index contributed by atoms with van der Waals surface area (Å²) in [5.41, 5.74) is 2.28. The van der Waals surface area contributed by atoms with Crippen LogP contribution in [0.15, 0.2) is 18.2 Å². The predicted octanol–water partition coefficient (Wildman–Crippen LogP) is 3.23. The molecule has 0 unspecified atom stereocenters. The van der Waals surface area contributed by atoms with E-state index in [1.165, 1.54) is 5.56 Å². The Balaban J connectivity index is 1.58. The SMILES string of the molecule is CC(C)CC(=O)OCCC[C@@H]1[C@H]2Cc3cccc(OCC(=O)O)c3C[C@H]2C[C@H]1O. The lowest BCUT2D eigenvalue weighted by molar-refractivity contribution is -0.144. The maximum atomic E-state index is 11.7. The number of esters is 1. The summed E-state index contributed by atoms with van der Waals surface area (Å²) in [6.07, 6.45) is 4.17. The van der Waals surface area contributed by atoms with Gasteiger partial charge in [0.15, 0.2) is 6.61 Å². The summed E-state index contributed by atoms with van der Waals surface area (Å²) < 4.78 is 10.8. The summed E-state index contributed by atoms with van der Waals surface area (Å²) in [6.45, 7) is 4.06. The van der Waals surface area contributed by atoms with Crippen molar-refractivity contribution in [3.63, 3.8) is 0 Å². The van der Waals surface area contributed by atoms with Gasteiger partial charge in [-0.25, -0.2) is 4.79 Å². The van der Waals surface area contributed by atoms with Gasteiger partial charge in [0.2, 0.25) is 0 Å². The zero-order valence-electron chi connectivity index (χ0n) is 17.3. The average Bonchev–Trinajstić information content (AvgIpc) is 2.95. The van der Waals surface area contributed by atoms with Crippen LogP contribution in [0.2, 0.25) is 0 Å². The summed E-state index contributed by atoms with van der Waals surface area (Å²) in [4.78, 5) is 22.5. The van der Waals surface area contributed by atoms with Gasteiger partial charge in [-0.15, -0.1) is 0 Å². The molecule has 3 rings (SSSR count). The van der Waals surface area contributed by atoms with Crippen molar-refractivity contribution in [2.75, 3.05) is 13.2 Å². The van der Waals surface area contributed by atoms with Gasteiger partial charge in [0.25, 0.3) is 0 Å². The van der Waals surface area contributed by atoms with Crippen LogP contribution in [0.5, 0.6) is 5.75 Å². The lowest BCUT2D eigenvalue weighted by Gasteiger charge is -2.32. The highest BCUT2D eigenvalue weighted by molar-refractivity contribution is 5.69. The van der Waals surface area contributed by atoms with Gasteiger partial charge in [-0.05, 0) is 73.0 Å². The summed E-state index contributed by atoms with van der Waals surface area (Å²) in [7, 11) is 0. The Bertz CT molecular complexity index is 728. The quantitative estimate of drug-likeness (QED) is 0.485. The molecule has 2 aliphatic carbocycles. The molecule has 0 heterocycles. The van der Waals surface area contributed by atoms with Gasteiger partial charge in [0.05, 0.1) is 12.7 Å². The molecule has 6 nitrogen and oxygen atoms in total. The summed E-state index contributed by atoms with van der Waals surface area (Å²) >= 11 is 0. The van der Waals surface area contributed by atoms with Crippen molar-refractivity contribution in [3.8, 4) is 5.75 Å². The van der Waals surface area contributed by atoms with E-state index in [9.17, 15) is 14.7 Å². The highest BCUT2D eigenvalue weighted by Gasteiger charge is 2.44. The fourth-order valence-corrected chi connectivity index (χ4v) is 4.98. The Morgan fingerprint density at radius 3 is 2.76 bits per heavy atom. The standard InChI is InChI=1S/C23H32O6/c1-14(2)9-23(27)28-8-4-6-17-18-10-15-5-3-7-21(29-13-22(25)26)19(15)11-16(18)12-20(17)24/h3,5,7,14,16-18,20,24H,4,6,8-13H2,1-2H3,(H,25,26)/t16-,17+,18-,20+/m0/s1. The minimum absolute atomic E-state index is 0.148. The second-order valence-corrected chi connectivity index (χ2v) is 8.84. The number of hydrogen-bond acceptors (Lipinski definition) is 5. The van der Waals surface area contributed by atoms with Gasteiger partial charge in [-0.1, -0.05) is 26.0 Å². The number of carboxylic acids is 1. The first kappa shape index (κ1) is 21.6. The van der Waals surface area contributed by atoms with Crippen molar-refractivity contribution >= 4 is 11.9 Å². The first-order valence-corrected chi connectivity index (χ1v) is 10.6. The second-order valence-electron chi connectivity index (χ2n) is 8.84. The van der Waals surface area contributed by atoms with Crippen molar-refractivity contribution in [2.24, 2.45) is 23.7 Å². The smallest absolute Gasteiger partial charge is 0.341 e. The second kappa shape index (κ2) is 9.61. The molecule has 2 N–H and O–H groups in total. The molecule has 1 aromatic rings. The van der Waals surface area contributed by atoms with E-state index < -0.39 is 5.97 Å². The molecule has 29 heavy (non-hydrogen) atoms. The number of aliphatic hydroxyl groups excluding tert-OH is 1. The molecule has 2 aliphatic rings. The maximum Gasteiger partial charge on any atom is 0.341 e. The molecule has 4 atom stereocenters. The number of carboxylic acid groups (broad SMARTS) is 1. The highest BCUT2D eigenvalue weighted by atomic mass is 16.5. The van der Waals surface area contributed by atoms with Gasteiger partial charge in [0, 0.05) is 6.42 Å². The van der Waals surface area contributed by atoms with E-state index in [2.05, 4.69) is 6.07 Å². The number of ether oxygens (including phenoxy) is 2. The van der Waals surface area contributed by atoms with E-state index in [0.29, 0.717) is 36.5 Å². The Morgan fingerprint density at radius 2 is 2.03 bits per heavy atom. The van der Waals surface area contributed by atoms with Crippen molar-refractivity contribution in [1.29, 1.82) is 0 Å². The molecular formula is C23H32O6. The number of carbonyl (C=O) groups is 2. The molecule has 0 radical (unpaired) electrons. The molecule has 0 aliphatic heterocycles. The van der Waals surface area contributed by atoms with Crippen molar-refractivity contribution in [1.82, 2.24) is 0 Å². The van der Waals surface area contributed by atoms with Crippen molar-refractivity contribution < 1.29 is 29.3 Å². The maximum absolute atomic E-state index is 11.7. The fourth-order valence-electron chi connectivity index (χ4n) is 4.98. The largest absolute Gasteiger partial charge is 0.482 e. The highest BCUT2D eigenvalue weighted by Crippen LogP contribution is 2.48. The third-order valence-electron chi connectivity index (χ3n) is 6.22. The van der Waals surface area contributed by atoms with Gasteiger partial charge >= 0.3 is 11.9 Å². The first-order chi connectivity index (χ1) is 13.8. The number of fused-ring (bicyclic) bond motifs is 2. The van der Waals surface area contributed by atoms with E-state index >= 15 is 0 Å². The monoisotopic (exact) mass is 404 g/mol. The first-order valence-electron chi connectivity index (χ1n) is 10.6. The van der Waals surface area contributed by atoms with Crippen LogP contribution in [0.3, 0.4) is 0 Å². The van der Waals surface area contributed by atoms with Crippen LogP contribution >= 0.6 is 0 Å². The molecule has 160 valence electrons. The minimum atomic E-state index is -0.985. The van der Waals surface area contributed by atoms with E-state index in [1.54, 1.807) is 0 Å². The zero-order valence-corrected chi connectivity index (χ0v) is 17.3. The molecule has 0 saturated heterocycles. The molecular weight excluding hydrogens is 372 g/mol. The Labute approximate surface area is 172 Å². The number of carbonyl (C=O) groups excluding carboxylic acids is 1. The molecule has 0 amide bonds. The van der Waals surface area contributed by atoms with E-state index in [4.69, 9.17) is 14.6 Å². The van der Waals surface area contributed by atoms with Crippen molar-refractivity contribution in [3.05, 3.63) is 29.3 Å². The fraction of sp³-hybridized carbons (Fsp3) is 0.652. The lowest BCUT2D eigenvalue weighted by atomic mass is 9.73. The van der Waals surface area contributed by atoms with Crippen LogP contribution in [0.4, 0.5) is 0 Å². The van der Waals surface area contributed by atoms with E-state index in [-0.39, 0.29) is 24.6 Å².